The summed E-state index contributed by atoms with van der Waals surface area (Å²) in [6, 6.07) is 0. The van der Waals surface area contributed by atoms with E-state index in [4.69, 9.17) is 12.2 Å². The van der Waals surface area contributed by atoms with E-state index < -0.39 is 0 Å². The lowest BCUT2D eigenvalue weighted by Crippen LogP contribution is -2.05. The first-order valence-electron chi connectivity index (χ1n) is 5.29. The molecule has 1 rings (SSSR count). The number of nitrogens with zero attached hydrogens (tertiary/aromatic N) is 2. The van der Waals surface area contributed by atoms with Crippen molar-refractivity contribution in [3.05, 3.63) is 10.6 Å². The molecule has 0 unspecified atom stereocenters. The predicted molar refractivity (Wildman–Crippen MR) is 60.9 cm³/mol. The van der Waals surface area contributed by atoms with Gasteiger partial charge in [-0.05, 0) is 31.0 Å². The van der Waals surface area contributed by atoms with Gasteiger partial charge in [0.05, 0.1) is 0 Å². The number of aromatic amines is 1. The quantitative estimate of drug-likeness (QED) is 0.763. The summed E-state index contributed by atoms with van der Waals surface area (Å²) in [6.07, 6.45) is 3.29. The van der Waals surface area contributed by atoms with E-state index in [2.05, 4.69) is 35.5 Å². The molecule has 0 aliphatic carbocycles. The van der Waals surface area contributed by atoms with Gasteiger partial charge in [0.2, 0.25) is 0 Å². The monoisotopic (exact) mass is 213 g/mol. The molecule has 0 spiro atoms. The first-order valence-corrected chi connectivity index (χ1v) is 5.70. The number of rotatable bonds is 5. The summed E-state index contributed by atoms with van der Waals surface area (Å²) >= 11 is 5.16. The standard InChI is InChI=1S/C10H19N3S/c1-4-7-13-9(6-5-8(2)3)11-12-10(13)14/h8H,4-7H2,1-3H3,(H,12,14). The summed E-state index contributed by atoms with van der Waals surface area (Å²) in [6.45, 7) is 7.58. The largest absolute Gasteiger partial charge is 0.304 e. The number of H-pyrrole nitrogens is 1. The number of aryl methyl sites for hydroxylation is 1. The SMILES string of the molecule is CCCn1c(CCC(C)C)n[nH]c1=S. The maximum atomic E-state index is 5.16. The zero-order chi connectivity index (χ0) is 10.6. The molecular formula is C10H19N3S. The normalized spacial score (nSPS) is 11.1. The van der Waals surface area contributed by atoms with Crippen LogP contribution in [0.5, 0.6) is 0 Å². The maximum Gasteiger partial charge on any atom is 0.195 e. The van der Waals surface area contributed by atoms with E-state index in [0.29, 0.717) is 0 Å². The van der Waals surface area contributed by atoms with Crippen molar-refractivity contribution >= 4 is 12.2 Å². The average molecular weight is 213 g/mol. The minimum Gasteiger partial charge on any atom is -0.304 e. The first-order chi connectivity index (χ1) is 6.65. The lowest BCUT2D eigenvalue weighted by molar-refractivity contribution is 0.548. The Balaban J connectivity index is 2.70. The molecule has 1 aromatic rings. The second-order valence-electron chi connectivity index (χ2n) is 4.03. The van der Waals surface area contributed by atoms with Crippen LogP contribution in [0.1, 0.15) is 39.4 Å². The molecular weight excluding hydrogens is 194 g/mol. The van der Waals surface area contributed by atoms with Crippen LogP contribution in [0.2, 0.25) is 0 Å². The second kappa shape index (κ2) is 5.29. The highest BCUT2D eigenvalue weighted by Gasteiger charge is 2.05. The number of aromatic nitrogens is 3. The molecule has 14 heavy (non-hydrogen) atoms. The number of hydrogen-bond acceptors (Lipinski definition) is 2. The summed E-state index contributed by atoms with van der Waals surface area (Å²) < 4.78 is 2.86. The van der Waals surface area contributed by atoms with Crippen molar-refractivity contribution in [1.82, 2.24) is 14.8 Å². The summed E-state index contributed by atoms with van der Waals surface area (Å²) in [7, 11) is 0. The Morgan fingerprint density at radius 2 is 2.21 bits per heavy atom. The van der Waals surface area contributed by atoms with E-state index in [1.54, 1.807) is 0 Å². The predicted octanol–water partition coefficient (Wildman–Crippen LogP) is 2.94. The molecule has 0 atom stereocenters. The molecule has 1 N–H and O–H groups in total. The number of nitrogens with one attached hydrogen (secondary N) is 1. The van der Waals surface area contributed by atoms with Crippen LogP contribution in [-0.4, -0.2) is 14.8 Å². The third-order valence-electron chi connectivity index (χ3n) is 2.23. The van der Waals surface area contributed by atoms with Crippen molar-refractivity contribution in [2.24, 2.45) is 5.92 Å². The highest BCUT2D eigenvalue weighted by Crippen LogP contribution is 2.08. The van der Waals surface area contributed by atoms with Gasteiger partial charge in [-0.2, -0.15) is 5.10 Å². The van der Waals surface area contributed by atoms with Crippen molar-refractivity contribution in [3.8, 4) is 0 Å². The van der Waals surface area contributed by atoms with Gasteiger partial charge in [-0.3, -0.25) is 5.10 Å². The van der Waals surface area contributed by atoms with Gasteiger partial charge in [-0.25, -0.2) is 0 Å². The van der Waals surface area contributed by atoms with Crippen molar-refractivity contribution in [3.63, 3.8) is 0 Å². The van der Waals surface area contributed by atoms with E-state index in [9.17, 15) is 0 Å². The third-order valence-corrected chi connectivity index (χ3v) is 2.54. The molecule has 0 aliphatic heterocycles. The van der Waals surface area contributed by atoms with Gasteiger partial charge in [0.25, 0.3) is 0 Å². The molecule has 80 valence electrons. The van der Waals surface area contributed by atoms with E-state index >= 15 is 0 Å². The van der Waals surface area contributed by atoms with E-state index in [-0.39, 0.29) is 0 Å². The molecule has 0 saturated carbocycles. The average Bonchev–Trinajstić information content (AvgIpc) is 2.46. The van der Waals surface area contributed by atoms with Gasteiger partial charge in [0.15, 0.2) is 4.77 Å². The van der Waals surface area contributed by atoms with Crippen molar-refractivity contribution in [1.29, 1.82) is 0 Å². The van der Waals surface area contributed by atoms with Crippen LogP contribution in [0.3, 0.4) is 0 Å². The number of hydrogen-bond donors (Lipinski definition) is 1. The van der Waals surface area contributed by atoms with Crippen molar-refractivity contribution in [2.75, 3.05) is 0 Å². The Morgan fingerprint density at radius 3 is 2.79 bits per heavy atom. The third kappa shape index (κ3) is 2.94. The lowest BCUT2D eigenvalue weighted by atomic mass is 10.1. The molecule has 4 heteroatoms. The highest BCUT2D eigenvalue weighted by atomic mass is 32.1. The molecule has 0 bridgehead atoms. The Kier molecular flexibility index (Phi) is 4.32. The van der Waals surface area contributed by atoms with Crippen molar-refractivity contribution in [2.45, 2.75) is 46.6 Å². The van der Waals surface area contributed by atoms with Crippen LogP contribution in [0.15, 0.2) is 0 Å². The fourth-order valence-electron chi connectivity index (χ4n) is 1.41. The van der Waals surface area contributed by atoms with Gasteiger partial charge in [0, 0.05) is 13.0 Å². The van der Waals surface area contributed by atoms with Crippen LogP contribution in [-0.2, 0) is 13.0 Å². The fourth-order valence-corrected chi connectivity index (χ4v) is 1.66. The van der Waals surface area contributed by atoms with Gasteiger partial charge >= 0.3 is 0 Å². The van der Waals surface area contributed by atoms with Gasteiger partial charge in [-0.15, -0.1) is 0 Å². The maximum absolute atomic E-state index is 5.16. The highest BCUT2D eigenvalue weighted by molar-refractivity contribution is 7.71. The Morgan fingerprint density at radius 1 is 1.50 bits per heavy atom. The second-order valence-corrected chi connectivity index (χ2v) is 4.42. The molecule has 1 heterocycles. The molecule has 0 fully saturated rings. The molecule has 0 saturated heterocycles. The van der Waals surface area contributed by atoms with E-state index in [0.717, 1.165) is 35.9 Å². The zero-order valence-corrected chi connectivity index (χ0v) is 10.0. The molecule has 0 aromatic carbocycles. The van der Waals surface area contributed by atoms with E-state index in [1.807, 2.05) is 0 Å². The van der Waals surface area contributed by atoms with Crippen molar-refractivity contribution < 1.29 is 0 Å². The topological polar surface area (TPSA) is 33.6 Å². The van der Waals surface area contributed by atoms with Crippen LogP contribution >= 0.6 is 12.2 Å². The van der Waals surface area contributed by atoms with E-state index in [1.165, 1.54) is 6.42 Å². The van der Waals surface area contributed by atoms with Crippen LogP contribution in [0.25, 0.3) is 0 Å². The van der Waals surface area contributed by atoms with Gasteiger partial charge < -0.3 is 4.57 Å². The van der Waals surface area contributed by atoms with Gasteiger partial charge in [-0.1, -0.05) is 20.8 Å². The zero-order valence-electron chi connectivity index (χ0n) is 9.21. The summed E-state index contributed by atoms with van der Waals surface area (Å²) in [4.78, 5) is 0. The molecule has 0 aliphatic rings. The summed E-state index contributed by atoms with van der Waals surface area (Å²) in [5, 5.41) is 7.11. The molecule has 0 amide bonds. The fraction of sp³-hybridized carbons (Fsp3) is 0.800. The minimum absolute atomic E-state index is 0.718. The molecule has 3 nitrogen and oxygen atoms in total. The summed E-state index contributed by atoms with van der Waals surface area (Å²) in [5.74, 6) is 1.82. The minimum atomic E-state index is 0.718. The van der Waals surface area contributed by atoms with Crippen LogP contribution in [0.4, 0.5) is 0 Å². The van der Waals surface area contributed by atoms with Gasteiger partial charge in [0.1, 0.15) is 5.82 Å². The summed E-state index contributed by atoms with van der Waals surface area (Å²) in [5.41, 5.74) is 0. The first kappa shape index (κ1) is 11.4. The van der Waals surface area contributed by atoms with Crippen LogP contribution < -0.4 is 0 Å². The molecule has 1 aromatic heterocycles. The Labute approximate surface area is 90.5 Å². The Hall–Kier alpha value is -0.640. The Bertz CT molecular complexity index is 324. The molecule has 0 radical (unpaired) electrons. The lowest BCUT2D eigenvalue weighted by Gasteiger charge is -2.06. The van der Waals surface area contributed by atoms with Crippen LogP contribution in [0, 0.1) is 10.7 Å². The smallest absolute Gasteiger partial charge is 0.195 e.